The molecule has 1 aromatic heterocycles. The van der Waals surface area contributed by atoms with Gasteiger partial charge in [0.2, 0.25) is 0 Å². The van der Waals surface area contributed by atoms with E-state index in [9.17, 15) is 5.11 Å². The van der Waals surface area contributed by atoms with E-state index in [-0.39, 0.29) is 6.61 Å². The fourth-order valence-corrected chi connectivity index (χ4v) is 2.01. The van der Waals surface area contributed by atoms with Crippen molar-refractivity contribution in [2.45, 2.75) is 27.0 Å². The third-order valence-electron chi connectivity index (χ3n) is 2.60. The van der Waals surface area contributed by atoms with Gasteiger partial charge in [0.15, 0.2) is 0 Å². The Morgan fingerprint density at radius 2 is 2.07 bits per heavy atom. The van der Waals surface area contributed by atoms with Gasteiger partial charge in [-0.05, 0) is 17.4 Å². The molecule has 0 radical (unpaired) electrons. The number of aromatic nitrogens is 1. The Hall–Kier alpha value is -1.28. The highest BCUT2D eigenvalue weighted by molar-refractivity contribution is 5.83. The summed E-state index contributed by atoms with van der Waals surface area (Å²) in [6.07, 6.45) is 2.10. The zero-order valence-corrected chi connectivity index (χ0v) is 9.27. The topological polar surface area (TPSA) is 25.2 Å². The first-order chi connectivity index (χ1) is 7.22. The summed E-state index contributed by atoms with van der Waals surface area (Å²) in [5.41, 5.74) is 2.19. The normalized spacial score (nSPS) is 11.5. The van der Waals surface area contributed by atoms with Crippen molar-refractivity contribution < 1.29 is 5.11 Å². The van der Waals surface area contributed by atoms with Gasteiger partial charge in [0, 0.05) is 18.3 Å². The van der Waals surface area contributed by atoms with E-state index in [2.05, 4.69) is 36.7 Å². The molecule has 0 bridgehead atoms. The molecule has 0 unspecified atom stereocenters. The van der Waals surface area contributed by atoms with Crippen LogP contribution in [0.15, 0.2) is 30.5 Å². The molecule has 1 heterocycles. The van der Waals surface area contributed by atoms with Crippen molar-refractivity contribution in [3.63, 3.8) is 0 Å². The number of aliphatic hydroxyl groups excluding tert-OH is 1. The molecule has 0 saturated carbocycles. The summed E-state index contributed by atoms with van der Waals surface area (Å²) >= 11 is 0. The molecule has 0 spiro atoms. The monoisotopic (exact) mass is 203 g/mol. The van der Waals surface area contributed by atoms with E-state index in [1.165, 1.54) is 10.9 Å². The molecule has 1 N–H and O–H groups in total. The standard InChI is InChI=1S/C13H17NO/c1-10(2)8-14-7-6-11-4-3-5-12(9-15)13(11)14/h3-7,10,15H,8-9H2,1-2H3. The van der Waals surface area contributed by atoms with Crippen LogP contribution in [0.3, 0.4) is 0 Å². The van der Waals surface area contributed by atoms with Crippen LogP contribution in [0, 0.1) is 5.92 Å². The van der Waals surface area contributed by atoms with Gasteiger partial charge in [-0.25, -0.2) is 0 Å². The summed E-state index contributed by atoms with van der Waals surface area (Å²) in [6, 6.07) is 8.18. The van der Waals surface area contributed by atoms with Gasteiger partial charge in [0.1, 0.15) is 0 Å². The smallest absolute Gasteiger partial charge is 0.0702 e. The van der Waals surface area contributed by atoms with E-state index in [0.717, 1.165) is 12.1 Å². The zero-order valence-electron chi connectivity index (χ0n) is 9.27. The van der Waals surface area contributed by atoms with Crippen LogP contribution in [0.5, 0.6) is 0 Å². The number of fused-ring (bicyclic) bond motifs is 1. The number of hydrogen-bond acceptors (Lipinski definition) is 1. The predicted octanol–water partition coefficient (Wildman–Crippen LogP) is 2.79. The van der Waals surface area contributed by atoms with E-state index >= 15 is 0 Å². The summed E-state index contributed by atoms with van der Waals surface area (Å²) in [5.74, 6) is 0.618. The van der Waals surface area contributed by atoms with Crippen LogP contribution in [0.1, 0.15) is 19.4 Å². The molecule has 0 amide bonds. The Balaban J connectivity index is 2.55. The van der Waals surface area contributed by atoms with Crippen molar-refractivity contribution in [3.05, 3.63) is 36.0 Å². The number of aliphatic hydroxyl groups is 1. The van der Waals surface area contributed by atoms with Gasteiger partial charge in [0.05, 0.1) is 12.1 Å². The fraction of sp³-hybridized carbons (Fsp3) is 0.385. The van der Waals surface area contributed by atoms with Crippen molar-refractivity contribution >= 4 is 10.9 Å². The first-order valence-electron chi connectivity index (χ1n) is 5.40. The van der Waals surface area contributed by atoms with E-state index < -0.39 is 0 Å². The predicted molar refractivity (Wildman–Crippen MR) is 62.7 cm³/mol. The molecule has 0 saturated heterocycles. The summed E-state index contributed by atoms with van der Waals surface area (Å²) in [7, 11) is 0. The first-order valence-corrected chi connectivity index (χ1v) is 5.40. The number of para-hydroxylation sites is 1. The average Bonchev–Trinajstić information content (AvgIpc) is 2.61. The minimum absolute atomic E-state index is 0.111. The second kappa shape index (κ2) is 4.07. The zero-order chi connectivity index (χ0) is 10.8. The highest BCUT2D eigenvalue weighted by Gasteiger charge is 2.06. The lowest BCUT2D eigenvalue weighted by atomic mass is 10.1. The Labute approximate surface area is 90.2 Å². The molecule has 80 valence electrons. The van der Waals surface area contributed by atoms with E-state index in [1.807, 2.05) is 12.1 Å². The van der Waals surface area contributed by atoms with Crippen molar-refractivity contribution in [2.24, 2.45) is 5.92 Å². The van der Waals surface area contributed by atoms with Crippen molar-refractivity contribution in [1.29, 1.82) is 0 Å². The SMILES string of the molecule is CC(C)Cn1ccc2cccc(CO)c21. The summed E-state index contributed by atoms with van der Waals surface area (Å²) in [6.45, 7) is 5.51. The van der Waals surface area contributed by atoms with Crippen LogP contribution in [0.4, 0.5) is 0 Å². The minimum Gasteiger partial charge on any atom is -0.392 e. The molecule has 2 heteroatoms. The van der Waals surface area contributed by atoms with Gasteiger partial charge in [0.25, 0.3) is 0 Å². The Bertz CT molecular complexity index is 457. The molecule has 2 nitrogen and oxygen atoms in total. The molecule has 1 aromatic carbocycles. The summed E-state index contributed by atoms with van der Waals surface area (Å²) < 4.78 is 2.23. The molecule has 0 atom stereocenters. The van der Waals surface area contributed by atoms with E-state index in [1.54, 1.807) is 0 Å². The van der Waals surface area contributed by atoms with E-state index in [4.69, 9.17) is 0 Å². The third kappa shape index (κ3) is 1.90. The van der Waals surface area contributed by atoms with Crippen LogP contribution >= 0.6 is 0 Å². The molecule has 2 rings (SSSR count). The maximum atomic E-state index is 9.30. The maximum Gasteiger partial charge on any atom is 0.0702 e. The largest absolute Gasteiger partial charge is 0.392 e. The van der Waals surface area contributed by atoms with Crippen molar-refractivity contribution in [3.8, 4) is 0 Å². The number of benzene rings is 1. The molecule has 0 aliphatic rings. The lowest BCUT2D eigenvalue weighted by Gasteiger charge is -2.10. The van der Waals surface area contributed by atoms with Crippen LogP contribution in [-0.4, -0.2) is 9.67 Å². The first kappa shape index (κ1) is 10.2. The fourth-order valence-electron chi connectivity index (χ4n) is 2.01. The number of nitrogens with zero attached hydrogens (tertiary/aromatic N) is 1. The van der Waals surface area contributed by atoms with Crippen LogP contribution in [-0.2, 0) is 13.2 Å². The van der Waals surface area contributed by atoms with Crippen LogP contribution in [0.25, 0.3) is 10.9 Å². The number of hydrogen-bond donors (Lipinski definition) is 1. The van der Waals surface area contributed by atoms with Gasteiger partial charge in [-0.1, -0.05) is 32.0 Å². The van der Waals surface area contributed by atoms with Crippen molar-refractivity contribution in [1.82, 2.24) is 4.57 Å². The molecule has 0 aliphatic carbocycles. The third-order valence-corrected chi connectivity index (χ3v) is 2.60. The second-order valence-electron chi connectivity index (χ2n) is 4.38. The lowest BCUT2D eigenvalue weighted by Crippen LogP contribution is -2.04. The van der Waals surface area contributed by atoms with Crippen LogP contribution in [0.2, 0.25) is 0 Å². The quantitative estimate of drug-likeness (QED) is 0.815. The summed E-state index contributed by atoms with van der Waals surface area (Å²) in [5, 5.41) is 10.5. The maximum absolute atomic E-state index is 9.30. The lowest BCUT2D eigenvalue weighted by molar-refractivity contribution is 0.282. The molecular weight excluding hydrogens is 186 g/mol. The second-order valence-corrected chi connectivity index (χ2v) is 4.38. The molecule has 2 aromatic rings. The Morgan fingerprint density at radius 3 is 2.73 bits per heavy atom. The highest BCUT2D eigenvalue weighted by atomic mass is 16.3. The van der Waals surface area contributed by atoms with Crippen LogP contribution < -0.4 is 0 Å². The van der Waals surface area contributed by atoms with Gasteiger partial charge in [-0.3, -0.25) is 0 Å². The average molecular weight is 203 g/mol. The number of rotatable bonds is 3. The van der Waals surface area contributed by atoms with Gasteiger partial charge in [-0.2, -0.15) is 0 Å². The van der Waals surface area contributed by atoms with Gasteiger partial charge < -0.3 is 9.67 Å². The minimum atomic E-state index is 0.111. The molecule has 0 fully saturated rings. The summed E-state index contributed by atoms with van der Waals surface area (Å²) in [4.78, 5) is 0. The molecule has 0 aliphatic heterocycles. The van der Waals surface area contributed by atoms with Gasteiger partial charge in [-0.15, -0.1) is 0 Å². The Kier molecular flexibility index (Phi) is 2.78. The molecule has 15 heavy (non-hydrogen) atoms. The van der Waals surface area contributed by atoms with Gasteiger partial charge >= 0.3 is 0 Å². The highest BCUT2D eigenvalue weighted by Crippen LogP contribution is 2.21. The Morgan fingerprint density at radius 1 is 1.27 bits per heavy atom. The van der Waals surface area contributed by atoms with Crippen molar-refractivity contribution in [2.75, 3.05) is 0 Å². The molecular formula is C13H17NO. The van der Waals surface area contributed by atoms with E-state index in [0.29, 0.717) is 5.92 Å².